The Morgan fingerprint density at radius 3 is 2.35 bits per heavy atom. The molecule has 2 heterocycles. The molecule has 158 valence electrons. The van der Waals surface area contributed by atoms with Gasteiger partial charge in [0, 0.05) is 23.2 Å². The Hall–Kier alpha value is -2.97. The quantitative estimate of drug-likeness (QED) is 0.425. The van der Waals surface area contributed by atoms with Gasteiger partial charge < -0.3 is 0 Å². The van der Waals surface area contributed by atoms with Crippen LogP contribution in [0, 0.1) is 5.92 Å². The van der Waals surface area contributed by atoms with Crippen LogP contribution in [-0.4, -0.2) is 23.0 Å². The van der Waals surface area contributed by atoms with Gasteiger partial charge in [-0.25, -0.2) is 4.98 Å². The van der Waals surface area contributed by atoms with E-state index in [9.17, 15) is 0 Å². The van der Waals surface area contributed by atoms with Gasteiger partial charge in [0.15, 0.2) is 0 Å². The van der Waals surface area contributed by atoms with Crippen molar-refractivity contribution in [3.8, 4) is 22.4 Å². The van der Waals surface area contributed by atoms with Crippen LogP contribution < -0.4 is 0 Å². The molecule has 0 aliphatic carbocycles. The maximum Gasteiger partial charge on any atom is 0.0788 e. The molecule has 4 rings (SSSR count). The molecular formula is C29H32N2. The lowest BCUT2D eigenvalue weighted by molar-refractivity contribution is 0.185. The molecule has 31 heavy (non-hydrogen) atoms. The van der Waals surface area contributed by atoms with Gasteiger partial charge in [-0.2, -0.15) is 0 Å². The van der Waals surface area contributed by atoms with Gasteiger partial charge in [0.05, 0.1) is 11.4 Å². The standard InChI is InChI=1S/C29H32N2/c1-4-9-28-24(5-2)20-27(25-10-7-6-8-11-25)29(30-28)26-14-12-23(13-15-26)21-31-18-16-22(3)17-19-31/h4-15,20,22H,2,16-19,21H2,1,3H3/b9-4-. The highest BCUT2D eigenvalue weighted by atomic mass is 15.1. The monoisotopic (exact) mass is 408 g/mol. The number of likely N-dealkylation sites (tertiary alicyclic amines) is 1. The smallest absolute Gasteiger partial charge is 0.0788 e. The summed E-state index contributed by atoms with van der Waals surface area (Å²) in [6, 6.07) is 21.7. The molecule has 0 unspecified atom stereocenters. The molecule has 3 aromatic rings. The third kappa shape index (κ3) is 5.03. The zero-order valence-corrected chi connectivity index (χ0v) is 18.7. The van der Waals surface area contributed by atoms with E-state index in [1.807, 2.05) is 19.1 Å². The summed E-state index contributed by atoms with van der Waals surface area (Å²) in [6.45, 7) is 11.8. The van der Waals surface area contributed by atoms with E-state index in [2.05, 4.69) is 85.1 Å². The number of piperidine rings is 1. The summed E-state index contributed by atoms with van der Waals surface area (Å²) in [5.74, 6) is 0.867. The van der Waals surface area contributed by atoms with E-state index in [1.54, 1.807) is 0 Å². The van der Waals surface area contributed by atoms with Crippen molar-refractivity contribution in [2.24, 2.45) is 5.92 Å². The van der Waals surface area contributed by atoms with Crippen LogP contribution >= 0.6 is 0 Å². The first-order chi connectivity index (χ1) is 15.2. The topological polar surface area (TPSA) is 16.1 Å². The molecular weight excluding hydrogens is 376 g/mol. The van der Waals surface area contributed by atoms with E-state index in [0.29, 0.717) is 0 Å². The fourth-order valence-electron chi connectivity index (χ4n) is 4.30. The van der Waals surface area contributed by atoms with E-state index in [-0.39, 0.29) is 0 Å². The van der Waals surface area contributed by atoms with Gasteiger partial charge in [0.25, 0.3) is 0 Å². The highest BCUT2D eigenvalue weighted by molar-refractivity contribution is 5.84. The first kappa shape index (κ1) is 21.3. The summed E-state index contributed by atoms with van der Waals surface area (Å²) < 4.78 is 0. The minimum atomic E-state index is 0.867. The second-order valence-electron chi connectivity index (χ2n) is 8.58. The van der Waals surface area contributed by atoms with Gasteiger partial charge in [-0.05, 0) is 62.0 Å². The van der Waals surface area contributed by atoms with Gasteiger partial charge in [0.2, 0.25) is 0 Å². The molecule has 0 radical (unpaired) electrons. The van der Waals surface area contributed by atoms with Crippen LogP contribution in [0.4, 0.5) is 0 Å². The average Bonchev–Trinajstić information content (AvgIpc) is 2.81. The molecule has 0 atom stereocenters. The zero-order valence-electron chi connectivity index (χ0n) is 18.7. The summed E-state index contributed by atoms with van der Waals surface area (Å²) in [6.07, 6.45) is 8.60. The fraction of sp³-hybridized carbons (Fsp3) is 0.276. The largest absolute Gasteiger partial charge is 0.299 e. The van der Waals surface area contributed by atoms with Gasteiger partial charge in [0.1, 0.15) is 0 Å². The van der Waals surface area contributed by atoms with E-state index in [4.69, 9.17) is 4.98 Å². The number of hydrogen-bond donors (Lipinski definition) is 0. The predicted octanol–water partition coefficient (Wildman–Crippen LogP) is 7.32. The minimum Gasteiger partial charge on any atom is -0.299 e. The van der Waals surface area contributed by atoms with Crippen molar-refractivity contribution in [3.63, 3.8) is 0 Å². The Labute approximate surface area is 187 Å². The van der Waals surface area contributed by atoms with Crippen LogP contribution in [0.2, 0.25) is 0 Å². The van der Waals surface area contributed by atoms with E-state index in [1.165, 1.54) is 37.1 Å². The maximum absolute atomic E-state index is 5.07. The summed E-state index contributed by atoms with van der Waals surface area (Å²) in [5, 5.41) is 0. The summed E-state index contributed by atoms with van der Waals surface area (Å²) in [4.78, 5) is 7.64. The third-order valence-electron chi connectivity index (χ3n) is 6.22. The van der Waals surface area contributed by atoms with Crippen LogP contribution in [0.25, 0.3) is 34.5 Å². The molecule has 2 nitrogen and oxygen atoms in total. The number of nitrogens with zero attached hydrogens (tertiary/aromatic N) is 2. The molecule has 1 aliphatic heterocycles. The van der Waals surface area contributed by atoms with Crippen molar-refractivity contribution in [3.05, 3.63) is 90.1 Å². The number of pyridine rings is 1. The van der Waals surface area contributed by atoms with Crippen LogP contribution in [-0.2, 0) is 6.54 Å². The van der Waals surface area contributed by atoms with Crippen LogP contribution in [0.1, 0.15) is 43.5 Å². The number of benzene rings is 2. The summed E-state index contributed by atoms with van der Waals surface area (Å²) >= 11 is 0. The van der Waals surface area contributed by atoms with Crippen molar-refractivity contribution >= 4 is 12.2 Å². The Morgan fingerprint density at radius 2 is 1.71 bits per heavy atom. The zero-order chi connectivity index (χ0) is 21.6. The fourth-order valence-corrected chi connectivity index (χ4v) is 4.30. The van der Waals surface area contributed by atoms with Gasteiger partial charge in [-0.3, -0.25) is 4.90 Å². The summed E-state index contributed by atoms with van der Waals surface area (Å²) in [5.41, 5.74) is 7.86. The molecule has 0 spiro atoms. The molecule has 1 aromatic heterocycles. The number of rotatable bonds is 6. The molecule has 1 aliphatic rings. The van der Waals surface area contributed by atoms with Gasteiger partial charge >= 0.3 is 0 Å². The molecule has 0 amide bonds. The van der Waals surface area contributed by atoms with Crippen molar-refractivity contribution in [1.82, 2.24) is 9.88 Å². The molecule has 0 bridgehead atoms. The predicted molar refractivity (Wildman–Crippen MR) is 134 cm³/mol. The van der Waals surface area contributed by atoms with Gasteiger partial charge in [-0.15, -0.1) is 0 Å². The second kappa shape index (κ2) is 9.89. The van der Waals surface area contributed by atoms with Crippen molar-refractivity contribution < 1.29 is 0 Å². The van der Waals surface area contributed by atoms with Crippen molar-refractivity contribution in [2.45, 2.75) is 33.2 Å². The first-order valence-corrected chi connectivity index (χ1v) is 11.3. The first-order valence-electron chi connectivity index (χ1n) is 11.3. The highest BCUT2D eigenvalue weighted by Crippen LogP contribution is 2.33. The summed E-state index contributed by atoms with van der Waals surface area (Å²) in [7, 11) is 0. The Kier molecular flexibility index (Phi) is 6.79. The second-order valence-corrected chi connectivity index (χ2v) is 8.58. The SMILES string of the molecule is C=Cc1cc(-c2ccccc2)c(-c2ccc(CN3CCC(C)CC3)cc2)nc1/C=C\C. The lowest BCUT2D eigenvalue weighted by atomic mass is 9.95. The van der Waals surface area contributed by atoms with Crippen molar-refractivity contribution in [1.29, 1.82) is 0 Å². The number of aromatic nitrogens is 1. The Balaban J connectivity index is 1.69. The molecule has 1 saturated heterocycles. The van der Waals surface area contributed by atoms with Crippen molar-refractivity contribution in [2.75, 3.05) is 13.1 Å². The highest BCUT2D eigenvalue weighted by Gasteiger charge is 2.16. The van der Waals surface area contributed by atoms with E-state index < -0.39 is 0 Å². The van der Waals surface area contributed by atoms with Gasteiger partial charge in [-0.1, -0.05) is 80.3 Å². The van der Waals surface area contributed by atoms with Crippen LogP contribution in [0.15, 0.2) is 73.3 Å². The lowest BCUT2D eigenvalue weighted by Gasteiger charge is -2.30. The third-order valence-corrected chi connectivity index (χ3v) is 6.22. The molecule has 0 saturated carbocycles. The maximum atomic E-state index is 5.07. The van der Waals surface area contributed by atoms with Crippen LogP contribution in [0.5, 0.6) is 0 Å². The number of allylic oxidation sites excluding steroid dienone is 1. The molecule has 0 N–H and O–H groups in total. The van der Waals surface area contributed by atoms with Crippen LogP contribution in [0.3, 0.4) is 0 Å². The normalized spacial score (nSPS) is 15.4. The van der Waals surface area contributed by atoms with E-state index >= 15 is 0 Å². The van der Waals surface area contributed by atoms with E-state index in [0.717, 1.165) is 40.5 Å². The number of hydrogen-bond acceptors (Lipinski definition) is 2. The molecule has 2 heteroatoms. The molecule has 1 fully saturated rings. The Morgan fingerprint density at radius 1 is 1.00 bits per heavy atom. The average molecular weight is 409 g/mol. The lowest BCUT2D eigenvalue weighted by Crippen LogP contribution is -2.32. The Bertz CT molecular complexity index is 1040. The molecule has 2 aromatic carbocycles. The minimum absolute atomic E-state index is 0.867.